The summed E-state index contributed by atoms with van der Waals surface area (Å²) in [5.74, 6) is 0.135. The highest BCUT2D eigenvalue weighted by atomic mass is 32.2. The van der Waals surface area contributed by atoms with E-state index in [1.165, 1.54) is 23.4 Å². The van der Waals surface area contributed by atoms with Crippen LogP contribution < -0.4 is 10.1 Å². The highest BCUT2D eigenvalue weighted by molar-refractivity contribution is 8.00. The first kappa shape index (κ1) is 23.5. The number of amides is 1. The minimum Gasteiger partial charge on any atom is -0.483 e. The minimum absolute atomic E-state index is 0.0288. The third-order valence-corrected chi connectivity index (χ3v) is 6.16. The van der Waals surface area contributed by atoms with Gasteiger partial charge in [0.1, 0.15) is 6.61 Å². The zero-order chi connectivity index (χ0) is 23.8. The summed E-state index contributed by atoms with van der Waals surface area (Å²) in [6, 6.07) is 25.8. The van der Waals surface area contributed by atoms with Gasteiger partial charge in [-0.2, -0.15) is 0 Å². The second-order valence-corrected chi connectivity index (χ2v) is 8.88. The van der Waals surface area contributed by atoms with Crippen molar-refractivity contribution in [1.29, 1.82) is 0 Å². The Hall–Kier alpha value is -3.65. The lowest BCUT2D eigenvalue weighted by atomic mass is 10.1. The average molecular weight is 477 g/mol. The first-order valence-corrected chi connectivity index (χ1v) is 11.8. The Kier molecular flexibility index (Phi) is 7.93. The number of carbonyl (C=O) groups excluding carboxylic acids is 1. The van der Waals surface area contributed by atoms with Crippen molar-refractivity contribution in [2.24, 2.45) is 0 Å². The molecule has 4 rings (SSSR count). The Morgan fingerprint density at radius 2 is 1.68 bits per heavy atom. The van der Waals surface area contributed by atoms with Crippen molar-refractivity contribution in [3.8, 4) is 11.4 Å². The lowest BCUT2D eigenvalue weighted by Crippen LogP contribution is -2.32. The van der Waals surface area contributed by atoms with E-state index in [1.54, 1.807) is 18.2 Å². The molecule has 1 aromatic heterocycles. The molecule has 0 spiro atoms. The van der Waals surface area contributed by atoms with Crippen molar-refractivity contribution in [2.75, 3.05) is 6.54 Å². The van der Waals surface area contributed by atoms with Gasteiger partial charge in [-0.05, 0) is 43.2 Å². The molecule has 0 bridgehead atoms. The van der Waals surface area contributed by atoms with Crippen molar-refractivity contribution in [2.45, 2.75) is 30.4 Å². The molecule has 1 atom stereocenters. The van der Waals surface area contributed by atoms with Crippen molar-refractivity contribution >= 4 is 17.7 Å². The summed E-state index contributed by atoms with van der Waals surface area (Å²) in [5, 5.41) is 11.7. The highest BCUT2D eigenvalue weighted by Gasteiger charge is 2.21. The van der Waals surface area contributed by atoms with Gasteiger partial charge in [-0.3, -0.25) is 9.36 Å². The first-order chi connectivity index (χ1) is 16.6. The molecule has 0 radical (unpaired) electrons. The van der Waals surface area contributed by atoms with E-state index >= 15 is 0 Å². The number of nitrogens with zero attached hydrogens (tertiary/aromatic N) is 3. The Morgan fingerprint density at radius 3 is 2.41 bits per heavy atom. The molecule has 34 heavy (non-hydrogen) atoms. The summed E-state index contributed by atoms with van der Waals surface area (Å²) in [4.78, 5) is 12.7. The smallest absolute Gasteiger partial charge is 0.233 e. The minimum atomic E-state index is -0.441. The highest BCUT2D eigenvalue weighted by Crippen LogP contribution is 2.27. The normalized spacial score (nSPS) is 11.7. The van der Waals surface area contributed by atoms with E-state index in [9.17, 15) is 9.18 Å². The van der Waals surface area contributed by atoms with Crippen LogP contribution in [-0.2, 0) is 17.8 Å². The van der Waals surface area contributed by atoms with E-state index in [-0.39, 0.29) is 23.5 Å². The fourth-order valence-electron chi connectivity index (χ4n) is 3.34. The molecule has 4 aromatic rings. The van der Waals surface area contributed by atoms with Crippen LogP contribution in [0.4, 0.5) is 4.39 Å². The molecule has 0 fully saturated rings. The third-order valence-electron chi connectivity index (χ3n) is 5.12. The number of aromatic nitrogens is 3. The fourth-order valence-corrected chi connectivity index (χ4v) is 4.25. The summed E-state index contributed by atoms with van der Waals surface area (Å²) in [6.45, 7) is 2.42. The molecule has 8 heteroatoms. The molecule has 0 aliphatic heterocycles. The standard InChI is InChI=1S/C26H25FN4O2S/c1-19(25(32)28-17-16-20-10-4-2-5-11-20)34-26-30-29-24(31(26)21-12-6-3-7-13-21)18-33-23-15-9-8-14-22(23)27/h2-15,19H,16-18H2,1H3,(H,28,32). The predicted molar refractivity (Wildman–Crippen MR) is 131 cm³/mol. The SMILES string of the molecule is CC(Sc1nnc(COc2ccccc2F)n1-c1ccccc1)C(=O)NCCc1ccccc1. The van der Waals surface area contributed by atoms with Gasteiger partial charge in [0.05, 0.1) is 5.25 Å². The fraction of sp³-hybridized carbons (Fsp3) is 0.192. The molecule has 0 aliphatic rings. The van der Waals surface area contributed by atoms with Gasteiger partial charge in [0.15, 0.2) is 22.5 Å². The van der Waals surface area contributed by atoms with Gasteiger partial charge in [-0.1, -0.05) is 72.4 Å². The summed E-state index contributed by atoms with van der Waals surface area (Å²) in [6.07, 6.45) is 0.766. The zero-order valence-electron chi connectivity index (χ0n) is 18.7. The second kappa shape index (κ2) is 11.5. The van der Waals surface area contributed by atoms with Crippen LogP contribution in [-0.4, -0.2) is 32.5 Å². The predicted octanol–water partition coefficient (Wildman–Crippen LogP) is 4.82. The van der Waals surface area contributed by atoms with Gasteiger partial charge in [0, 0.05) is 12.2 Å². The molecule has 1 amide bonds. The molecule has 174 valence electrons. The van der Waals surface area contributed by atoms with E-state index in [0.29, 0.717) is 17.5 Å². The van der Waals surface area contributed by atoms with Crippen LogP contribution in [0.25, 0.3) is 5.69 Å². The summed E-state index contributed by atoms with van der Waals surface area (Å²) >= 11 is 1.31. The van der Waals surface area contributed by atoms with Crippen LogP contribution >= 0.6 is 11.8 Å². The summed E-state index contributed by atoms with van der Waals surface area (Å²) < 4.78 is 21.5. The van der Waals surface area contributed by atoms with Crippen LogP contribution in [0.1, 0.15) is 18.3 Å². The number of para-hydroxylation sites is 2. The van der Waals surface area contributed by atoms with Crippen molar-refractivity contribution in [1.82, 2.24) is 20.1 Å². The molecule has 0 saturated carbocycles. The zero-order valence-corrected chi connectivity index (χ0v) is 19.5. The van der Waals surface area contributed by atoms with E-state index in [2.05, 4.69) is 15.5 Å². The lowest BCUT2D eigenvalue weighted by molar-refractivity contribution is -0.120. The average Bonchev–Trinajstić information content (AvgIpc) is 3.26. The van der Waals surface area contributed by atoms with Crippen LogP contribution in [0.5, 0.6) is 5.75 Å². The number of halogens is 1. The van der Waals surface area contributed by atoms with Crippen LogP contribution in [0.3, 0.4) is 0 Å². The molecular weight excluding hydrogens is 451 g/mol. The number of thioether (sulfide) groups is 1. The summed E-state index contributed by atoms with van der Waals surface area (Å²) in [5.41, 5.74) is 2.00. The van der Waals surface area contributed by atoms with E-state index in [4.69, 9.17) is 4.74 Å². The van der Waals surface area contributed by atoms with Crippen LogP contribution in [0.15, 0.2) is 90.1 Å². The van der Waals surface area contributed by atoms with E-state index in [1.807, 2.05) is 72.2 Å². The van der Waals surface area contributed by atoms with Crippen LogP contribution in [0, 0.1) is 5.82 Å². The molecule has 3 aromatic carbocycles. The van der Waals surface area contributed by atoms with Gasteiger partial charge in [-0.25, -0.2) is 4.39 Å². The Balaban J connectivity index is 1.45. The van der Waals surface area contributed by atoms with Gasteiger partial charge >= 0.3 is 0 Å². The molecule has 1 N–H and O–H groups in total. The maximum Gasteiger partial charge on any atom is 0.233 e. The number of ether oxygens (including phenoxy) is 1. The van der Waals surface area contributed by atoms with E-state index < -0.39 is 5.82 Å². The number of hydrogen-bond donors (Lipinski definition) is 1. The molecule has 1 heterocycles. The Bertz CT molecular complexity index is 1220. The molecule has 6 nitrogen and oxygen atoms in total. The van der Waals surface area contributed by atoms with E-state index in [0.717, 1.165) is 12.1 Å². The van der Waals surface area contributed by atoms with Gasteiger partial charge in [-0.15, -0.1) is 10.2 Å². The van der Waals surface area contributed by atoms with Gasteiger partial charge in [0.25, 0.3) is 0 Å². The second-order valence-electron chi connectivity index (χ2n) is 7.58. The summed E-state index contributed by atoms with van der Waals surface area (Å²) in [7, 11) is 0. The molecule has 1 unspecified atom stereocenters. The monoisotopic (exact) mass is 476 g/mol. The number of benzene rings is 3. The van der Waals surface area contributed by atoms with Gasteiger partial charge in [0.2, 0.25) is 5.91 Å². The van der Waals surface area contributed by atoms with Crippen molar-refractivity contribution in [3.63, 3.8) is 0 Å². The topological polar surface area (TPSA) is 69.0 Å². The quantitative estimate of drug-likeness (QED) is 0.332. The Morgan fingerprint density at radius 1 is 1.00 bits per heavy atom. The van der Waals surface area contributed by atoms with Crippen LogP contribution in [0.2, 0.25) is 0 Å². The van der Waals surface area contributed by atoms with Gasteiger partial charge < -0.3 is 10.1 Å². The van der Waals surface area contributed by atoms with Crippen molar-refractivity contribution in [3.05, 3.63) is 102 Å². The maximum absolute atomic E-state index is 14.0. The Labute approximate surface area is 202 Å². The molecule has 0 aliphatic carbocycles. The lowest BCUT2D eigenvalue weighted by Gasteiger charge is -2.14. The maximum atomic E-state index is 14.0. The molecular formula is C26H25FN4O2S. The first-order valence-electron chi connectivity index (χ1n) is 11.0. The number of rotatable bonds is 10. The largest absolute Gasteiger partial charge is 0.483 e. The molecule has 0 saturated heterocycles. The third kappa shape index (κ3) is 6.02. The van der Waals surface area contributed by atoms with Crippen molar-refractivity contribution < 1.29 is 13.9 Å². The number of nitrogens with one attached hydrogen (secondary N) is 1. The number of carbonyl (C=O) groups is 1. The number of hydrogen-bond acceptors (Lipinski definition) is 5.